The number of nitrogens with zero attached hydrogens (tertiary/aromatic N) is 2. The predicted octanol–water partition coefficient (Wildman–Crippen LogP) is 2.78. The van der Waals surface area contributed by atoms with Gasteiger partial charge in [-0.15, -0.1) is 0 Å². The highest BCUT2D eigenvalue weighted by atomic mass is 35.5. The Labute approximate surface area is 182 Å². The topological polar surface area (TPSA) is 104 Å². The number of carbonyl (C=O) groups is 1. The summed E-state index contributed by atoms with van der Waals surface area (Å²) in [6.07, 6.45) is 1.00. The van der Waals surface area contributed by atoms with Crippen molar-refractivity contribution in [3.8, 4) is 0 Å². The van der Waals surface area contributed by atoms with Crippen molar-refractivity contribution in [2.24, 2.45) is 0 Å². The molecule has 0 saturated heterocycles. The maximum absolute atomic E-state index is 12.5. The van der Waals surface area contributed by atoms with Crippen LogP contribution in [0.2, 0.25) is 5.02 Å². The van der Waals surface area contributed by atoms with E-state index in [-0.39, 0.29) is 4.90 Å². The largest absolute Gasteiger partial charge is 0.325 e. The minimum absolute atomic E-state index is 0.114. The quantitative estimate of drug-likeness (QED) is 0.603. The molecule has 0 bridgehead atoms. The highest BCUT2D eigenvalue weighted by Gasteiger charge is 2.23. The molecular formula is C19H24ClN3O5S2. The lowest BCUT2D eigenvalue weighted by Crippen LogP contribution is -2.37. The minimum Gasteiger partial charge on any atom is -0.325 e. The fourth-order valence-corrected chi connectivity index (χ4v) is 5.20. The highest BCUT2D eigenvalue weighted by molar-refractivity contribution is 7.92. The van der Waals surface area contributed by atoms with Crippen LogP contribution in [-0.2, 0) is 24.8 Å². The van der Waals surface area contributed by atoms with Gasteiger partial charge >= 0.3 is 0 Å². The molecule has 2 aromatic carbocycles. The first kappa shape index (κ1) is 24.1. The molecule has 0 aliphatic heterocycles. The first-order valence-electron chi connectivity index (χ1n) is 9.12. The monoisotopic (exact) mass is 473 g/mol. The van der Waals surface area contributed by atoms with Gasteiger partial charge in [-0.05, 0) is 48.5 Å². The molecule has 0 saturated carbocycles. The summed E-state index contributed by atoms with van der Waals surface area (Å²) >= 11 is 5.83. The van der Waals surface area contributed by atoms with Crippen molar-refractivity contribution >= 4 is 48.9 Å². The van der Waals surface area contributed by atoms with E-state index in [2.05, 4.69) is 5.32 Å². The van der Waals surface area contributed by atoms with Gasteiger partial charge < -0.3 is 5.32 Å². The van der Waals surface area contributed by atoms with Crippen LogP contribution >= 0.6 is 11.6 Å². The van der Waals surface area contributed by atoms with Gasteiger partial charge in [0.1, 0.15) is 6.54 Å². The molecule has 1 N–H and O–H groups in total. The normalized spacial score (nSPS) is 12.0. The summed E-state index contributed by atoms with van der Waals surface area (Å²) in [6.45, 7) is 3.76. The molecule has 0 heterocycles. The Morgan fingerprint density at radius 3 is 1.93 bits per heavy atom. The third kappa shape index (κ3) is 5.94. The van der Waals surface area contributed by atoms with Crippen LogP contribution in [0.4, 0.5) is 11.4 Å². The van der Waals surface area contributed by atoms with Crippen LogP contribution in [-0.4, -0.2) is 52.9 Å². The molecule has 2 aromatic rings. The van der Waals surface area contributed by atoms with Gasteiger partial charge in [-0.3, -0.25) is 9.10 Å². The second-order valence-corrected chi connectivity index (χ2v) is 10.7. The number of sulfonamides is 2. The molecule has 0 aliphatic carbocycles. The Balaban J connectivity index is 2.16. The smallest absolute Gasteiger partial charge is 0.245 e. The number of hydrogen-bond acceptors (Lipinski definition) is 5. The first-order valence-corrected chi connectivity index (χ1v) is 12.8. The Hall–Kier alpha value is -2.14. The molecule has 8 nitrogen and oxygen atoms in total. The Kier molecular flexibility index (Phi) is 7.87. The van der Waals surface area contributed by atoms with E-state index in [1.165, 1.54) is 52.8 Å². The third-order valence-electron chi connectivity index (χ3n) is 4.28. The van der Waals surface area contributed by atoms with E-state index in [0.29, 0.717) is 29.5 Å². The molecule has 2 rings (SSSR count). The number of carbonyl (C=O) groups excluding carboxylic acids is 1. The number of benzene rings is 2. The van der Waals surface area contributed by atoms with Crippen LogP contribution in [0.1, 0.15) is 13.8 Å². The summed E-state index contributed by atoms with van der Waals surface area (Å²) in [4.78, 5) is 12.5. The molecule has 0 atom stereocenters. The van der Waals surface area contributed by atoms with Gasteiger partial charge in [-0.1, -0.05) is 25.4 Å². The zero-order valence-electron chi connectivity index (χ0n) is 16.9. The second-order valence-electron chi connectivity index (χ2n) is 6.41. The van der Waals surface area contributed by atoms with Crippen LogP contribution in [0, 0.1) is 0 Å². The number of hydrogen-bond donors (Lipinski definition) is 1. The lowest BCUT2D eigenvalue weighted by Gasteiger charge is -2.22. The van der Waals surface area contributed by atoms with E-state index in [1.54, 1.807) is 13.8 Å². The van der Waals surface area contributed by atoms with Crippen LogP contribution in [0.3, 0.4) is 0 Å². The lowest BCUT2D eigenvalue weighted by molar-refractivity contribution is -0.114. The standard InChI is InChI=1S/C19H24ClN3O5S2/c1-4-22(5-2)30(27,28)18-12-8-16(9-13-18)21-19(24)14-23(29(3,25)26)17-10-6-15(20)7-11-17/h6-13H,4-5,14H2,1-3H3,(H,21,24). The molecule has 0 aliphatic rings. The van der Waals surface area contributed by atoms with Crippen molar-refractivity contribution in [3.63, 3.8) is 0 Å². The molecule has 164 valence electrons. The van der Waals surface area contributed by atoms with Crippen molar-refractivity contribution in [1.82, 2.24) is 4.31 Å². The molecule has 0 radical (unpaired) electrons. The van der Waals surface area contributed by atoms with E-state index in [1.807, 2.05) is 0 Å². The predicted molar refractivity (Wildman–Crippen MR) is 119 cm³/mol. The van der Waals surface area contributed by atoms with Gasteiger partial charge in [0, 0.05) is 23.8 Å². The van der Waals surface area contributed by atoms with Gasteiger partial charge in [0.05, 0.1) is 16.8 Å². The minimum atomic E-state index is -3.72. The van der Waals surface area contributed by atoms with Crippen molar-refractivity contribution in [2.75, 3.05) is 35.5 Å². The van der Waals surface area contributed by atoms with Crippen molar-refractivity contribution in [3.05, 3.63) is 53.6 Å². The van der Waals surface area contributed by atoms with E-state index in [0.717, 1.165) is 10.6 Å². The zero-order chi connectivity index (χ0) is 22.5. The number of amides is 1. The summed E-state index contributed by atoms with van der Waals surface area (Å²) in [5.74, 6) is -0.574. The van der Waals surface area contributed by atoms with E-state index in [4.69, 9.17) is 11.6 Å². The van der Waals surface area contributed by atoms with Crippen LogP contribution in [0.25, 0.3) is 0 Å². The fraction of sp³-hybridized carbons (Fsp3) is 0.316. The average Bonchev–Trinajstić information content (AvgIpc) is 2.67. The second kappa shape index (κ2) is 9.78. The van der Waals surface area contributed by atoms with Gasteiger partial charge in [0.2, 0.25) is 26.0 Å². The molecule has 0 aromatic heterocycles. The molecule has 0 fully saturated rings. The van der Waals surface area contributed by atoms with Crippen LogP contribution in [0.5, 0.6) is 0 Å². The van der Waals surface area contributed by atoms with E-state index in [9.17, 15) is 21.6 Å². The zero-order valence-corrected chi connectivity index (χ0v) is 19.3. The molecule has 11 heteroatoms. The molecule has 0 unspecified atom stereocenters. The maximum atomic E-state index is 12.5. The molecule has 30 heavy (non-hydrogen) atoms. The Bertz CT molecular complexity index is 1080. The van der Waals surface area contributed by atoms with E-state index < -0.39 is 32.5 Å². The van der Waals surface area contributed by atoms with E-state index >= 15 is 0 Å². The molecule has 0 spiro atoms. The van der Waals surface area contributed by atoms with Crippen LogP contribution < -0.4 is 9.62 Å². The molecular weight excluding hydrogens is 450 g/mol. The van der Waals surface area contributed by atoms with Crippen molar-refractivity contribution in [2.45, 2.75) is 18.7 Å². The summed E-state index contributed by atoms with van der Waals surface area (Å²) in [5, 5.41) is 3.02. The van der Waals surface area contributed by atoms with Crippen LogP contribution in [0.15, 0.2) is 53.4 Å². The van der Waals surface area contributed by atoms with Crippen molar-refractivity contribution < 1.29 is 21.6 Å². The Morgan fingerprint density at radius 1 is 0.933 bits per heavy atom. The Morgan fingerprint density at radius 2 is 1.47 bits per heavy atom. The first-order chi connectivity index (χ1) is 14.0. The summed E-state index contributed by atoms with van der Waals surface area (Å²) in [5.41, 5.74) is 0.653. The van der Waals surface area contributed by atoms with Gasteiger partial charge in [-0.2, -0.15) is 4.31 Å². The number of nitrogens with one attached hydrogen (secondary N) is 1. The SMILES string of the molecule is CCN(CC)S(=O)(=O)c1ccc(NC(=O)CN(c2ccc(Cl)cc2)S(C)(=O)=O)cc1. The summed E-state index contributed by atoms with van der Waals surface area (Å²) in [7, 11) is -7.32. The number of rotatable bonds is 9. The van der Waals surface area contributed by atoms with Gasteiger partial charge in [-0.25, -0.2) is 16.8 Å². The lowest BCUT2D eigenvalue weighted by atomic mass is 10.3. The number of halogens is 1. The average molecular weight is 474 g/mol. The summed E-state index contributed by atoms with van der Waals surface area (Å²) in [6, 6.07) is 11.8. The van der Waals surface area contributed by atoms with Gasteiger partial charge in [0.25, 0.3) is 0 Å². The molecule has 1 amide bonds. The van der Waals surface area contributed by atoms with Crippen molar-refractivity contribution in [1.29, 1.82) is 0 Å². The highest BCUT2D eigenvalue weighted by Crippen LogP contribution is 2.21. The summed E-state index contributed by atoms with van der Waals surface area (Å²) < 4.78 is 51.6. The fourth-order valence-electron chi connectivity index (χ4n) is 2.76. The third-order valence-corrected chi connectivity index (χ3v) is 7.74. The maximum Gasteiger partial charge on any atom is 0.245 e. The number of anilines is 2. The van der Waals surface area contributed by atoms with Gasteiger partial charge in [0.15, 0.2) is 0 Å².